The molecule has 2 spiro atoms. The van der Waals surface area contributed by atoms with Crippen LogP contribution in [0, 0.1) is 13.8 Å². The molecule has 0 bridgehead atoms. The van der Waals surface area contributed by atoms with Crippen molar-refractivity contribution in [3.8, 4) is 44.5 Å². The van der Waals surface area contributed by atoms with Gasteiger partial charge in [-0.15, -0.1) is 0 Å². The second-order valence-electron chi connectivity index (χ2n) is 17.9. The smallest absolute Gasteiger partial charge is 0.0725 e. The van der Waals surface area contributed by atoms with Crippen molar-refractivity contribution in [3.05, 3.63) is 272 Å². The van der Waals surface area contributed by atoms with Crippen molar-refractivity contribution in [1.29, 1.82) is 0 Å². The highest BCUT2D eigenvalue weighted by Crippen LogP contribution is 2.64. The summed E-state index contributed by atoms with van der Waals surface area (Å²) in [6, 6.07) is 72.8. The maximum Gasteiger partial charge on any atom is 0.0725 e. The van der Waals surface area contributed by atoms with Crippen molar-refractivity contribution in [2.45, 2.75) is 24.7 Å². The van der Waals surface area contributed by atoms with Gasteiger partial charge >= 0.3 is 0 Å². The fourth-order valence-electron chi connectivity index (χ4n) is 12.6. The van der Waals surface area contributed by atoms with Gasteiger partial charge in [0.15, 0.2) is 0 Å². The van der Waals surface area contributed by atoms with Crippen molar-refractivity contribution >= 4 is 11.4 Å². The molecule has 0 fully saturated rings. The summed E-state index contributed by atoms with van der Waals surface area (Å²) in [5.41, 5.74) is 29.2. The standard InChI is InChI=1S/C62H44N2/c1-37-33-50(60(64-4)40-30-32-48-46-22-10-16-28-56(46)62(58(48)36-40)53-25-13-7-19-43(53)44-20-8-14-26-54(44)62)38(2)34-49(37)59(63-3)39-29-31-47-45-21-9-15-27-55(45)61(57(47)35-39)51-23-11-5-17-41(51)42-18-6-12-24-52(42)61/h5-36H,1-4H3. The first kappa shape index (κ1) is 36.9. The van der Waals surface area contributed by atoms with Crippen LogP contribution in [0.1, 0.15) is 77.9 Å². The Kier molecular flexibility index (Phi) is 7.74. The zero-order valence-electron chi connectivity index (χ0n) is 36.4. The first-order valence-corrected chi connectivity index (χ1v) is 22.4. The fourth-order valence-corrected chi connectivity index (χ4v) is 12.6. The average Bonchev–Trinajstić information content (AvgIpc) is 4.02. The number of aryl methyl sites for hydroxylation is 2. The molecule has 0 saturated heterocycles. The summed E-state index contributed by atoms with van der Waals surface area (Å²) in [4.78, 5) is 10.2. The number of benzene rings is 9. The molecule has 4 aliphatic carbocycles. The van der Waals surface area contributed by atoms with Crippen LogP contribution in [-0.4, -0.2) is 25.5 Å². The maximum absolute atomic E-state index is 5.08. The van der Waals surface area contributed by atoms with Gasteiger partial charge in [-0.05, 0) is 138 Å². The van der Waals surface area contributed by atoms with Gasteiger partial charge in [-0.2, -0.15) is 0 Å². The molecule has 0 unspecified atom stereocenters. The topological polar surface area (TPSA) is 24.7 Å². The summed E-state index contributed by atoms with van der Waals surface area (Å²) in [6.07, 6.45) is 0. The molecule has 0 heterocycles. The summed E-state index contributed by atoms with van der Waals surface area (Å²) < 4.78 is 0. The highest BCUT2D eigenvalue weighted by Gasteiger charge is 2.53. The van der Waals surface area contributed by atoms with Crippen LogP contribution in [0.3, 0.4) is 0 Å². The van der Waals surface area contributed by atoms with Gasteiger partial charge in [0.05, 0.1) is 22.3 Å². The fraction of sp³-hybridized carbons (Fsp3) is 0.0968. The van der Waals surface area contributed by atoms with Crippen LogP contribution in [0.25, 0.3) is 44.5 Å². The number of nitrogens with zero attached hydrogens (tertiary/aromatic N) is 2. The van der Waals surface area contributed by atoms with E-state index in [1.54, 1.807) is 0 Å². The molecule has 0 radical (unpaired) electrons. The van der Waals surface area contributed by atoms with E-state index in [2.05, 4.69) is 208 Å². The van der Waals surface area contributed by atoms with Crippen LogP contribution < -0.4 is 0 Å². The third-order valence-electron chi connectivity index (χ3n) is 15.1. The maximum atomic E-state index is 5.08. The van der Waals surface area contributed by atoms with Crippen LogP contribution in [-0.2, 0) is 10.8 Å². The number of fused-ring (bicyclic) bond motifs is 20. The van der Waals surface area contributed by atoms with E-state index >= 15 is 0 Å². The second-order valence-corrected chi connectivity index (χ2v) is 17.9. The van der Waals surface area contributed by atoms with E-state index in [4.69, 9.17) is 9.98 Å². The Bertz CT molecular complexity index is 3200. The largest absolute Gasteiger partial charge is 0.287 e. The van der Waals surface area contributed by atoms with E-state index in [9.17, 15) is 0 Å². The van der Waals surface area contributed by atoms with E-state index in [0.717, 1.165) is 33.7 Å². The van der Waals surface area contributed by atoms with Crippen molar-refractivity contribution in [2.75, 3.05) is 14.1 Å². The van der Waals surface area contributed by atoms with Crippen molar-refractivity contribution in [3.63, 3.8) is 0 Å². The number of rotatable bonds is 4. The van der Waals surface area contributed by atoms with E-state index in [0.29, 0.717) is 0 Å². The lowest BCUT2D eigenvalue weighted by molar-refractivity contribution is 0.793. The Balaban J connectivity index is 0.933. The number of aliphatic imine (C=N–C) groups is 2. The first-order valence-electron chi connectivity index (χ1n) is 22.4. The minimum Gasteiger partial charge on any atom is -0.287 e. The average molecular weight is 817 g/mol. The van der Waals surface area contributed by atoms with Gasteiger partial charge in [0.25, 0.3) is 0 Å². The lowest BCUT2D eigenvalue weighted by Crippen LogP contribution is -2.26. The molecule has 9 aromatic carbocycles. The van der Waals surface area contributed by atoms with E-state index in [-0.39, 0.29) is 0 Å². The molecule has 0 amide bonds. The molecule has 13 rings (SSSR count). The summed E-state index contributed by atoms with van der Waals surface area (Å²) in [5.74, 6) is 0. The second kappa shape index (κ2) is 13.4. The molecule has 0 aromatic heterocycles. The summed E-state index contributed by atoms with van der Waals surface area (Å²) >= 11 is 0. The normalized spacial score (nSPS) is 15.0. The molecule has 2 nitrogen and oxygen atoms in total. The van der Waals surface area contributed by atoms with Crippen LogP contribution >= 0.6 is 0 Å². The van der Waals surface area contributed by atoms with Crippen LogP contribution in [0.15, 0.2) is 204 Å². The van der Waals surface area contributed by atoms with Crippen molar-refractivity contribution < 1.29 is 0 Å². The third kappa shape index (κ3) is 4.55. The quantitative estimate of drug-likeness (QED) is 0.158. The van der Waals surface area contributed by atoms with E-state index < -0.39 is 10.8 Å². The molecular weight excluding hydrogens is 773 g/mol. The minimum atomic E-state index is -0.409. The van der Waals surface area contributed by atoms with Gasteiger partial charge < -0.3 is 0 Å². The lowest BCUT2D eigenvalue weighted by Gasteiger charge is -2.31. The Morgan fingerprint density at radius 1 is 0.297 bits per heavy atom. The van der Waals surface area contributed by atoms with Gasteiger partial charge in [0.2, 0.25) is 0 Å². The van der Waals surface area contributed by atoms with Gasteiger partial charge in [-0.1, -0.05) is 170 Å². The predicted octanol–water partition coefficient (Wildman–Crippen LogP) is 13.9. The van der Waals surface area contributed by atoms with Crippen molar-refractivity contribution in [1.82, 2.24) is 0 Å². The molecule has 9 aromatic rings. The molecule has 0 saturated carbocycles. The Morgan fingerprint density at radius 3 is 0.812 bits per heavy atom. The monoisotopic (exact) mass is 816 g/mol. The Morgan fingerprint density at radius 2 is 0.547 bits per heavy atom. The van der Waals surface area contributed by atoms with Gasteiger partial charge in [-0.25, -0.2) is 0 Å². The van der Waals surface area contributed by atoms with E-state index in [1.807, 2.05) is 14.1 Å². The molecule has 0 atom stereocenters. The third-order valence-corrected chi connectivity index (χ3v) is 15.1. The van der Waals surface area contributed by atoms with E-state index in [1.165, 1.54) is 100 Å². The first-order chi connectivity index (χ1) is 31.5. The molecular formula is C62H44N2. The van der Waals surface area contributed by atoms with Crippen molar-refractivity contribution in [2.24, 2.45) is 9.98 Å². The molecule has 0 aliphatic heterocycles. The SMILES string of the molecule is CN=C(c1ccc2c(c1)C1(c3ccccc3-c3ccccc31)c1ccccc1-2)c1cc(C)c(C(=NC)c2ccc3c(c2)C2(c4ccccc4-c4ccccc42)c2ccccc2-3)cc1C. The molecule has 302 valence electrons. The highest BCUT2D eigenvalue weighted by molar-refractivity contribution is 6.18. The zero-order chi connectivity index (χ0) is 42.9. The van der Waals surface area contributed by atoms with Gasteiger partial charge in [0, 0.05) is 36.3 Å². The van der Waals surface area contributed by atoms with Crippen LogP contribution in [0.5, 0.6) is 0 Å². The van der Waals surface area contributed by atoms with Gasteiger partial charge in [-0.3, -0.25) is 9.98 Å². The van der Waals surface area contributed by atoms with Gasteiger partial charge in [0.1, 0.15) is 0 Å². The summed E-state index contributed by atoms with van der Waals surface area (Å²) in [7, 11) is 3.87. The Labute approximate surface area is 375 Å². The number of hydrogen-bond acceptors (Lipinski definition) is 2. The van der Waals surface area contributed by atoms with Crippen LogP contribution in [0.2, 0.25) is 0 Å². The summed E-state index contributed by atoms with van der Waals surface area (Å²) in [5, 5.41) is 0. The minimum absolute atomic E-state index is 0.409. The molecule has 64 heavy (non-hydrogen) atoms. The summed E-state index contributed by atoms with van der Waals surface area (Å²) in [6.45, 7) is 4.46. The Hall–Kier alpha value is -7.68. The molecule has 4 aliphatic rings. The highest BCUT2D eigenvalue weighted by atomic mass is 14.7. The molecule has 0 N–H and O–H groups in total. The molecule has 2 heteroatoms. The predicted molar refractivity (Wildman–Crippen MR) is 265 cm³/mol. The zero-order valence-corrected chi connectivity index (χ0v) is 36.4. The lowest BCUT2D eigenvalue weighted by atomic mass is 9.70. The number of hydrogen-bond donors (Lipinski definition) is 0. The van der Waals surface area contributed by atoms with Crippen LogP contribution in [0.4, 0.5) is 0 Å².